The van der Waals surface area contributed by atoms with Gasteiger partial charge in [0.05, 0.1) is 25.6 Å². The van der Waals surface area contributed by atoms with Gasteiger partial charge in [0.15, 0.2) is 0 Å². The molecule has 3 aromatic rings. The lowest BCUT2D eigenvalue weighted by atomic mass is 10.1. The lowest BCUT2D eigenvalue weighted by Crippen LogP contribution is -1.96. The second kappa shape index (κ2) is 6.95. The van der Waals surface area contributed by atoms with Gasteiger partial charge in [0.25, 0.3) is 0 Å². The standard InChI is InChI=1S/C18H19N3O3/c1-22-14-6-7-16(18(10-14)23-2)17-9-13(20-21-17)11-24-15-5-3-4-12(19)8-15/h3-10H,11,19H2,1-2H3,(H,20,21). The smallest absolute Gasteiger partial charge is 0.132 e. The zero-order chi connectivity index (χ0) is 16.9. The fourth-order valence-corrected chi connectivity index (χ4v) is 2.35. The van der Waals surface area contributed by atoms with E-state index in [-0.39, 0.29) is 0 Å². The first kappa shape index (κ1) is 15.7. The molecule has 0 radical (unpaired) electrons. The van der Waals surface area contributed by atoms with Crippen LogP contribution in [0.15, 0.2) is 48.5 Å². The van der Waals surface area contributed by atoms with Crippen LogP contribution in [0.4, 0.5) is 5.69 Å². The predicted octanol–water partition coefficient (Wildman–Crippen LogP) is 3.26. The van der Waals surface area contributed by atoms with E-state index in [1.165, 1.54) is 0 Å². The Hall–Kier alpha value is -3.15. The van der Waals surface area contributed by atoms with Crippen molar-refractivity contribution in [3.63, 3.8) is 0 Å². The Labute approximate surface area is 140 Å². The highest BCUT2D eigenvalue weighted by Crippen LogP contribution is 2.32. The van der Waals surface area contributed by atoms with Crippen molar-refractivity contribution >= 4 is 5.69 Å². The van der Waals surface area contributed by atoms with Gasteiger partial charge >= 0.3 is 0 Å². The van der Waals surface area contributed by atoms with Crippen LogP contribution in [-0.2, 0) is 6.61 Å². The van der Waals surface area contributed by atoms with Gasteiger partial charge in [-0.25, -0.2) is 0 Å². The van der Waals surface area contributed by atoms with Crippen LogP contribution in [-0.4, -0.2) is 24.4 Å². The van der Waals surface area contributed by atoms with Crippen molar-refractivity contribution in [3.05, 3.63) is 54.2 Å². The fourth-order valence-electron chi connectivity index (χ4n) is 2.35. The molecule has 0 fully saturated rings. The van der Waals surface area contributed by atoms with Gasteiger partial charge < -0.3 is 19.9 Å². The minimum absolute atomic E-state index is 0.370. The molecule has 0 amide bonds. The summed E-state index contributed by atoms with van der Waals surface area (Å²) < 4.78 is 16.3. The van der Waals surface area contributed by atoms with E-state index >= 15 is 0 Å². The summed E-state index contributed by atoms with van der Waals surface area (Å²) in [4.78, 5) is 0. The molecule has 0 unspecified atom stereocenters. The van der Waals surface area contributed by atoms with Gasteiger partial charge in [-0.1, -0.05) is 6.07 Å². The van der Waals surface area contributed by atoms with Crippen LogP contribution in [0.2, 0.25) is 0 Å². The molecule has 0 atom stereocenters. The number of hydrogen-bond acceptors (Lipinski definition) is 5. The van der Waals surface area contributed by atoms with Crippen molar-refractivity contribution in [3.8, 4) is 28.5 Å². The van der Waals surface area contributed by atoms with Crippen molar-refractivity contribution in [1.82, 2.24) is 10.2 Å². The number of methoxy groups -OCH3 is 2. The maximum Gasteiger partial charge on any atom is 0.132 e. The Bertz CT molecular complexity index is 830. The minimum atomic E-state index is 0.370. The van der Waals surface area contributed by atoms with E-state index in [0.717, 1.165) is 22.7 Å². The van der Waals surface area contributed by atoms with Crippen LogP contribution in [0.25, 0.3) is 11.3 Å². The first-order chi connectivity index (χ1) is 11.7. The predicted molar refractivity (Wildman–Crippen MR) is 92.3 cm³/mol. The van der Waals surface area contributed by atoms with E-state index in [1.54, 1.807) is 20.3 Å². The Morgan fingerprint density at radius 1 is 1.00 bits per heavy atom. The molecule has 0 saturated heterocycles. The third-order valence-corrected chi connectivity index (χ3v) is 3.57. The van der Waals surface area contributed by atoms with Crippen LogP contribution in [0.5, 0.6) is 17.2 Å². The molecule has 6 heteroatoms. The third-order valence-electron chi connectivity index (χ3n) is 3.57. The topological polar surface area (TPSA) is 82.4 Å². The lowest BCUT2D eigenvalue weighted by Gasteiger charge is -2.08. The highest BCUT2D eigenvalue weighted by Gasteiger charge is 2.11. The molecule has 1 heterocycles. The quantitative estimate of drug-likeness (QED) is 0.680. The molecule has 0 saturated carbocycles. The lowest BCUT2D eigenvalue weighted by molar-refractivity contribution is 0.301. The number of nitrogens with zero attached hydrogens (tertiary/aromatic N) is 1. The molecule has 3 rings (SSSR count). The highest BCUT2D eigenvalue weighted by molar-refractivity contribution is 5.68. The maximum absolute atomic E-state index is 5.74. The van der Waals surface area contributed by atoms with Gasteiger partial charge in [0.2, 0.25) is 0 Å². The van der Waals surface area contributed by atoms with Crippen molar-refractivity contribution in [1.29, 1.82) is 0 Å². The zero-order valence-corrected chi connectivity index (χ0v) is 13.6. The Morgan fingerprint density at radius 3 is 2.62 bits per heavy atom. The summed E-state index contributed by atoms with van der Waals surface area (Å²) in [7, 11) is 3.24. The summed E-state index contributed by atoms with van der Waals surface area (Å²) in [6.45, 7) is 0.370. The largest absolute Gasteiger partial charge is 0.497 e. The van der Waals surface area contributed by atoms with Crippen LogP contribution in [0.1, 0.15) is 5.69 Å². The summed E-state index contributed by atoms with van der Waals surface area (Å²) in [6.07, 6.45) is 0. The number of nitrogens with two attached hydrogens (primary N) is 1. The number of aromatic amines is 1. The molecule has 2 aromatic carbocycles. The second-order valence-corrected chi connectivity index (χ2v) is 5.21. The molecule has 6 nitrogen and oxygen atoms in total. The van der Waals surface area contributed by atoms with E-state index < -0.39 is 0 Å². The number of nitrogens with one attached hydrogen (secondary N) is 1. The average Bonchev–Trinajstić information content (AvgIpc) is 3.08. The Morgan fingerprint density at radius 2 is 1.88 bits per heavy atom. The molecular formula is C18H19N3O3. The second-order valence-electron chi connectivity index (χ2n) is 5.21. The summed E-state index contributed by atoms with van der Waals surface area (Å²) in [5.41, 5.74) is 8.92. The van der Waals surface area contributed by atoms with Gasteiger partial charge in [-0.3, -0.25) is 5.10 Å². The Kier molecular flexibility index (Phi) is 4.56. The summed E-state index contributed by atoms with van der Waals surface area (Å²) in [5.74, 6) is 2.15. The number of hydrogen-bond donors (Lipinski definition) is 2. The van der Waals surface area contributed by atoms with E-state index in [9.17, 15) is 0 Å². The van der Waals surface area contributed by atoms with Gasteiger partial charge in [-0.15, -0.1) is 0 Å². The molecule has 124 valence electrons. The van der Waals surface area contributed by atoms with Crippen molar-refractivity contribution in [2.75, 3.05) is 20.0 Å². The Balaban J connectivity index is 1.76. The number of anilines is 1. The van der Waals surface area contributed by atoms with Crippen molar-refractivity contribution in [2.45, 2.75) is 6.61 Å². The minimum Gasteiger partial charge on any atom is -0.497 e. The molecule has 0 spiro atoms. The molecular weight excluding hydrogens is 306 g/mol. The molecule has 24 heavy (non-hydrogen) atoms. The summed E-state index contributed by atoms with van der Waals surface area (Å²) >= 11 is 0. The van der Waals surface area contributed by atoms with E-state index in [1.807, 2.05) is 42.5 Å². The number of nitrogen functional groups attached to an aromatic ring is 1. The molecule has 0 aliphatic rings. The SMILES string of the molecule is COc1ccc(-c2cc(COc3cccc(N)c3)[nH]n2)c(OC)c1. The average molecular weight is 325 g/mol. The van der Waals surface area contributed by atoms with Gasteiger partial charge in [0, 0.05) is 23.4 Å². The number of ether oxygens (including phenoxy) is 3. The van der Waals surface area contributed by atoms with E-state index in [0.29, 0.717) is 23.8 Å². The van der Waals surface area contributed by atoms with Crippen LogP contribution >= 0.6 is 0 Å². The van der Waals surface area contributed by atoms with Gasteiger partial charge in [-0.05, 0) is 30.3 Å². The van der Waals surface area contributed by atoms with Crippen molar-refractivity contribution < 1.29 is 14.2 Å². The van der Waals surface area contributed by atoms with E-state index in [2.05, 4.69) is 10.2 Å². The number of benzene rings is 2. The highest BCUT2D eigenvalue weighted by atomic mass is 16.5. The maximum atomic E-state index is 5.74. The number of H-pyrrole nitrogens is 1. The monoisotopic (exact) mass is 325 g/mol. The molecule has 0 bridgehead atoms. The third kappa shape index (κ3) is 3.43. The van der Waals surface area contributed by atoms with Crippen molar-refractivity contribution in [2.24, 2.45) is 0 Å². The number of aromatic nitrogens is 2. The first-order valence-electron chi connectivity index (χ1n) is 7.44. The van der Waals surface area contributed by atoms with Crippen LogP contribution in [0.3, 0.4) is 0 Å². The first-order valence-corrected chi connectivity index (χ1v) is 7.44. The molecule has 1 aromatic heterocycles. The number of rotatable bonds is 6. The van der Waals surface area contributed by atoms with E-state index in [4.69, 9.17) is 19.9 Å². The van der Waals surface area contributed by atoms with Gasteiger partial charge in [0.1, 0.15) is 23.9 Å². The fraction of sp³-hybridized carbons (Fsp3) is 0.167. The van der Waals surface area contributed by atoms with Crippen LogP contribution in [0, 0.1) is 0 Å². The summed E-state index contributed by atoms with van der Waals surface area (Å²) in [5, 5.41) is 7.31. The molecule has 3 N–H and O–H groups in total. The summed E-state index contributed by atoms with van der Waals surface area (Å²) in [6, 6.07) is 14.8. The zero-order valence-electron chi connectivity index (χ0n) is 13.6. The molecule has 0 aliphatic carbocycles. The molecule has 0 aliphatic heterocycles. The van der Waals surface area contributed by atoms with Gasteiger partial charge in [-0.2, -0.15) is 5.10 Å². The van der Waals surface area contributed by atoms with Crippen LogP contribution < -0.4 is 19.9 Å². The normalized spacial score (nSPS) is 10.4.